The van der Waals surface area contributed by atoms with E-state index >= 15 is 0 Å². The maximum absolute atomic E-state index is 12.2. The van der Waals surface area contributed by atoms with Crippen molar-refractivity contribution in [3.63, 3.8) is 0 Å². The Balaban J connectivity index is 2.16. The lowest BCUT2D eigenvalue weighted by Crippen LogP contribution is -2.41. The van der Waals surface area contributed by atoms with Crippen molar-refractivity contribution in [1.29, 1.82) is 5.26 Å². The van der Waals surface area contributed by atoms with Crippen LogP contribution in [0, 0.1) is 11.3 Å². The van der Waals surface area contributed by atoms with E-state index in [1.807, 2.05) is 10.9 Å². The minimum absolute atomic E-state index is 0.135. The predicted octanol–water partition coefficient (Wildman–Crippen LogP) is 1.13. The lowest BCUT2D eigenvalue weighted by Gasteiger charge is -2.10. The van der Waals surface area contributed by atoms with Crippen molar-refractivity contribution in [2.45, 2.75) is 16.7 Å². The van der Waals surface area contributed by atoms with Crippen LogP contribution in [0.25, 0.3) is 0 Å². The highest BCUT2D eigenvalue weighted by molar-refractivity contribution is 7.92. The zero-order valence-corrected chi connectivity index (χ0v) is 14.8. The molecule has 10 heteroatoms. The summed E-state index contributed by atoms with van der Waals surface area (Å²) in [6.07, 6.45) is 0. The lowest BCUT2D eigenvalue weighted by atomic mass is 10.2. The second-order valence-corrected chi connectivity index (χ2v) is 8.12. The first-order chi connectivity index (χ1) is 11.8. The number of rotatable bonds is 7. The van der Waals surface area contributed by atoms with Crippen LogP contribution in [0.4, 0.5) is 0 Å². The summed E-state index contributed by atoms with van der Waals surface area (Å²) < 4.78 is 53.9. The molecule has 0 saturated carbocycles. The Kier molecular flexibility index (Phi) is 5.76. The number of nitrogens with one attached hydrogen (secondary N) is 2. The van der Waals surface area contributed by atoms with Gasteiger partial charge in [-0.25, -0.2) is 16.8 Å². The minimum atomic E-state index is -4.17. The quantitative estimate of drug-likeness (QED) is 0.693. The Morgan fingerprint density at radius 1 is 0.960 bits per heavy atom. The number of ether oxygens (including phenoxy) is 1. The average molecular weight is 381 g/mol. The molecule has 2 rings (SSSR count). The number of hydrogen-bond acceptors (Lipinski definition) is 6. The Morgan fingerprint density at radius 3 is 2.12 bits per heavy atom. The van der Waals surface area contributed by atoms with E-state index in [0.717, 1.165) is 6.07 Å². The van der Waals surface area contributed by atoms with Crippen LogP contribution in [0.15, 0.2) is 58.3 Å². The van der Waals surface area contributed by atoms with Crippen LogP contribution in [0.5, 0.6) is 5.75 Å². The van der Waals surface area contributed by atoms with E-state index in [9.17, 15) is 16.8 Å². The van der Waals surface area contributed by atoms with Gasteiger partial charge in [0.2, 0.25) is 0 Å². The summed E-state index contributed by atoms with van der Waals surface area (Å²) in [6.45, 7) is 2.23. The van der Waals surface area contributed by atoms with Crippen molar-refractivity contribution in [3.8, 4) is 11.8 Å². The molecular weight excluding hydrogens is 366 g/mol. The van der Waals surface area contributed by atoms with Crippen molar-refractivity contribution in [2.75, 3.05) is 6.61 Å². The Labute approximate surface area is 146 Å². The number of sulfonamides is 2. The van der Waals surface area contributed by atoms with Gasteiger partial charge in [-0.15, -0.1) is 9.66 Å². The zero-order valence-electron chi connectivity index (χ0n) is 13.1. The number of hydrazine groups is 1. The van der Waals surface area contributed by atoms with Gasteiger partial charge in [-0.05, 0) is 49.4 Å². The van der Waals surface area contributed by atoms with Crippen molar-refractivity contribution in [3.05, 3.63) is 54.1 Å². The summed E-state index contributed by atoms with van der Waals surface area (Å²) in [5.41, 5.74) is 0.136. The third-order valence-corrected chi connectivity index (χ3v) is 5.67. The van der Waals surface area contributed by atoms with E-state index in [0.29, 0.717) is 12.4 Å². The molecule has 0 aromatic heterocycles. The molecule has 0 atom stereocenters. The van der Waals surface area contributed by atoms with Gasteiger partial charge in [0.1, 0.15) is 5.75 Å². The zero-order chi connectivity index (χ0) is 18.5. The highest BCUT2D eigenvalue weighted by Crippen LogP contribution is 2.16. The molecular formula is C15H15N3O5S2. The molecule has 2 aromatic rings. The van der Waals surface area contributed by atoms with Crippen molar-refractivity contribution in [2.24, 2.45) is 0 Å². The maximum atomic E-state index is 12.2. The Bertz CT molecular complexity index is 994. The third kappa shape index (κ3) is 4.77. The molecule has 2 aromatic carbocycles. The van der Waals surface area contributed by atoms with Crippen LogP contribution in [-0.2, 0) is 20.0 Å². The Morgan fingerprint density at radius 2 is 1.56 bits per heavy atom. The molecule has 0 aliphatic heterocycles. The van der Waals surface area contributed by atoms with Crippen LogP contribution in [0.2, 0.25) is 0 Å². The summed E-state index contributed by atoms with van der Waals surface area (Å²) in [7, 11) is -8.28. The molecule has 0 bridgehead atoms. The van der Waals surface area contributed by atoms with Crippen LogP contribution >= 0.6 is 0 Å². The fourth-order valence-corrected chi connectivity index (χ4v) is 3.99. The minimum Gasteiger partial charge on any atom is -0.494 e. The van der Waals surface area contributed by atoms with E-state index < -0.39 is 20.0 Å². The van der Waals surface area contributed by atoms with E-state index in [2.05, 4.69) is 0 Å². The molecule has 0 unspecified atom stereocenters. The number of nitrogens with zero attached hydrogens (tertiary/aromatic N) is 1. The molecule has 0 amide bonds. The van der Waals surface area contributed by atoms with Crippen LogP contribution in [0.3, 0.4) is 0 Å². The van der Waals surface area contributed by atoms with Crippen molar-refractivity contribution in [1.82, 2.24) is 9.66 Å². The molecule has 2 N–H and O–H groups in total. The van der Waals surface area contributed by atoms with Gasteiger partial charge in [0.25, 0.3) is 20.0 Å². The normalized spacial score (nSPS) is 11.7. The first-order valence-electron chi connectivity index (χ1n) is 7.05. The van der Waals surface area contributed by atoms with Crippen molar-refractivity contribution < 1.29 is 21.6 Å². The van der Waals surface area contributed by atoms with E-state index in [1.165, 1.54) is 42.5 Å². The molecule has 0 aliphatic rings. The molecule has 8 nitrogen and oxygen atoms in total. The van der Waals surface area contributed by atoms with Gasteiger partial charge in [0.05, 0.1) is 28.0 Å². The highest BCUT2D eigenvalue weighted by Gasteiger charge is 2.20. The number of benzene rings is 2. The first kappa shape index (κ1) is 18.9. The van der Waals surface area contributed by atoms with Crippen LogP contribution in [0.1, 0.15) is 12.5 Å². The molecule has 25 heavy (non-hydrogen) atoms. The van der Waals surface area contributed by atoms with Crippen LogP contribution < -0.4 is 14.4 Å². The van der Waals surface area contributed by atoms with Gasteiger partial charge < -0.3 is 4.74 Å². The average Bonchev–Trinajstić information content (AvgIpc) is 2.61. The van der Waals surface area contributed by atoms with Crippen molar-refractivity contribution >= 4 is 20.0 Å². The Hall–Kier alpha value is -2.45. The summed E-state index contributed by atoms with van der Waals surface area (Å²) in [6, 6.07) is 12.5. The monoisotopic (exact) mass is 381 g/mol. The standard InChI is InChI=1S/C15H15N3O5S2/c1-2-23-13-6-8-14(9-7-13)24(19,20)17-18-25(21,22)15-5-3-4-12(10-15)11-16/h3-10,17-18H,2H2,1H3. The first-order valence-corrected chi connectivity index (χ1v) is 10.0. The number of hydrogen-bond donors (Lipinski definition) is 2. The van der Waals surface area contributed by atoms with E-state index in [4.69, 9.17) is 10.00 Å². The predicted molar refractivity (Wildman–Crippen MR) is 89.4 cm³/mol. The lowest BCUT2D eigenvalue weighted by molar-refractivity contribution is 0.340. The summed E-state index contributed by atoms with van der Waals surface area (Å²) in [5.74, 6) is 0.496. The molecule has 132 valence electrons. The van der Waals surface area contributed by atoms with Gasteiger partial charge in [-0.1, -0.05) is 6.07 Å². The molecule has 0 heterocycles. The highest BCUT2D eigenvalue weighted by atomic mass is 32.2. The molecule has 0 spiro atoms. The van der Waals surface area contributed by atoms with Gasteiger partial charge in [-0.3, -0.25) is 0 Å². The van der Waals surface area contributed by atoms with Gasteiger partial charge in [0.15, 0.2) is 0 Å². The van der Waals surface area contributed by atoms with E-state index in [-0.39, 0.29) is 15.4 Å². The van der Waals surface area contributed by atoms with E-state index in [1.54, 1.807) is 11.8 Å². The second-order valence-electron chi connectivity index (χ2n) is 4.76. The topological polar surface area (TPSA) is 125 Å². The van der Waals surface area contributed by atoms with Gasteiger partial charge in [-0.2, -0.15) is 5.26 Å². The fourth-order valence-electron chi connectivity index (χ4n) is 1.84. The number of nitriles is 1. The largest absolute Gasteiger partial charge is 0.494 e. The van der Waals surface area contributed by atoms with Gasteiger partial charge >= 0.3 is 0 Å². The molecule has 0 radical (unpaired) electrons. The molecule has 0 aliphatic carbocycles. The van der Waals surface area contributed by atoms with Gasteiger partial charge in [0, 0.05) is 0 Å². The summed E-state index contributed by atoms with van der Waals surface area (Å²) in [4.78, 5) is 3.24. The SMILES string of the molecule is CCOc1ccc(S(=O)(=O)NNS(=O)(=O)c2cccc(C#N)c2)cc1. The molecule has 0 fully saturated rings. The maximum Gasteiger partial charge on any atom is 0.254 e. The smallest absolute Gasteiger partial charge is 0.254 e. The summed E-state index contributed by atoms with van der Waals surface area (Å²) in [5, 5.41) is 8.81. The van der Waals surface area contributed by atoms with Crippen LogP contribution in [-0.4, -0.2) is 23.4 Å². The third-order valence-electron chi connectivity index (χ3n) is 3.03. The second kappa shape index (κ2) is 7.62. The summed E-state index contributed by atoms with van der Waals surface area (Å²) >= 11 is 0. The fraction of sp³-hybridized carbons (Fsp3) is 0.133. The molecule has 0 saturated heterocycles.